The summed E-state index contributed by atoms with van der Waals surface area (Å²) in [6.45, 7) is 12.1. The molecule has 112 valence electrons. The highest BCUT2D eigenvalue weighted by molar-refractivity contribution is 5.92. The van der Waals surface area contributed by atoms with E-state index in [4.69, 9.17) is 0 Å². The molecule has 2 rings (SSSR count). The van der Waals surface area contributed by atoms with Crippen molar-refractivity contribution >= 4 is 16.8 Å². The molecular weight excluding hydrogens is 252 g/mol. The van der Waals surface area contributed by atoms with Crippen molar-refractivity contribution in [2.75, 3.05) is 0 Å². The van der Waals surface area contributed by atoms with Crippen LogP contribution in [0.4, 0.5) is 0 Å². The molecule has 0 nitrogen and oxygen atoms in total. The molecule has 0 aromatic heterocycles. The molecule has 2 aromatic rings. The Morgan fingerprint density at radius 2 is 1.33 bits per heavy atom. The van der Waals surface area contributed by atoms with Crippen LogP contribution in [-0.4, -0.2) is 0 Å². The van der Waals surface area contributed by atoms with Crippen LogP contribution in [0.5, 0.6) is 0 Å². The van der Waals surface area contributed by atoms with E-state index < -0.39 is 0 Å². The molecule has 0 unspecified atom stereocenters. The van der Waals surface area contributed by atoms with Gasteiger partial charge in [-0.25, -0.2) is 0 Å². The van der Waals surface area contributed by atoms with Crippen LogP contribution in [0.1, 0.15) is 38.0 Å². The van der Waals surface area contributed by atoms with Gasteiger partial charge in [0.05, 0.1) is 0 Å². The third-order valence-corrected chi connectivity index (χ3v) is 3.08. The molecule has 0 spiro atoms. The number of hydrogen-bond acceptors (Lipinski definition) is 0. The number of rotatable bonds is 1. The summed E-state index contributed by atoms with van der Waals surface area (Å²) in [6, 6.07) is 19.1. The van der Waals surface area contributed by atoms with E-state index in [0.29, 0.717) is 0 Å². The summed E-state index contributed by atoms with van der Waals surface area (Å²) in [5.41, 5.74) is 3.69. The van der Waals surface area contributed by atoms with Gasteiger partial charge in [-0.3, -0.25) is 0 Å². The van der Waals surface area contributed by atoms with Crippen molar-refractivity contribution < 1.29 is 0 Å². The zero-order valence-electron chi connectivity index (χ0n) is 13.0. The molecule has 0 amide bonds. The quantitative estimate of drug-likeness (QED) is 0.533. The fourth-order valence-electron chi connectivity index (χ4n) is 2.14. The maximum absolute atomic E-state index is 3.90. The minimum Gasteiger partial charge on any atom is -0.0984 e. The molecule has 0 saturated heterocycles. The highest BCUT2D eigenvalue weighted by Gasteiger charge is 1.97. The first kappa shape index (κ1) is 18.9. The van der Waals surface area contributed by atoms with Crippen molar-refractivity contribution in [1.82, 2.24) is 0 Å². The smallest absolute Gasteiger partial charge is 0.00824 e. The molecule has 0 heterocycles. The van der Waals surface area contributed by atoms with Crippen molar-refractivity contribution in [3.8, 4) is 0 Å². The number of hydrogen-bond donors (Lipinski definition) is 0. The summed E-state index contributed by atoms with van der Waals surface area (Å²) in [7, 11) is 0. The zero-order chi connectivity index (χ0) is 15.0. The van der Waals surface area contributed by atoms with Crippen LogP contribution in [0.25, 0.3) is 16.8 Å². The van der Waals surface area contributed by atoms with E-state index in [-0.39, 0.29) is 7.43 Å². The van der Waals surface area contributed by atoms with E-state index in [1.165, 1.54) is 27.5 Å². The van der Waals surface area contributed by atoms with Gasteiger partial charge < -0.3 is 0 Å². The molecule has 2 aromatic carbocycles. The molecule has 0 bridgehead atoms. The molecule has 0 saturated carbocycles. The van der Waals surface area contributed by atoms with Crippen molar-refractivity contribution in [3.63, 3.8) is 0 Å². The lowest BCUT2D eigenvalue weighted by molar-refractivity contribution is 1.48. The Hall–Kier alpha value is -2.08. The third kappa shape index (κ3) is 5.07. The molecule has 0 radical (unpaired) electrons. The van der Waals surface area contributed by atoms with Crippen LogP contribution in [0.15, 0.2) is 61.2 Å². The fraction of sp³-hybridized carbons (Fsp3) is 0.238. The van der Waals surface area contributed by atoms with Gasteiger partial charge >= 0.3 is 0 Å². The molecule has 0 atom stereocenters. The minimum atomic E-state index is 0. The summed E-state index contributed by atoms with van der Waals surface area (Å²) in [5, 5.41) is 2.50. The SMILES string of the molecule is C.C=Cc1cccc2cccc(C)cccc(C)c12.CC. The Labute approximate surface area is 130 Å². The molecule has 0 aliphatic rings. The zero-order valence-corrected chi connectivity index (χ0v) is 13.0. The summed E-state index contributed by atoms with van der Waals surface area (Å²) < 4.78 is 0. The van der Waals surface area contributed by atoms with Crippen LogP contribution in [0, 0.1) is 13.8 Å². The number of aryl methyl sites for hydroxylation is 2. The fourth-order valence-corrected chi connectivity index (χ4v) is 2.14. The Morgan fingerprint density at radius 1 is 0.810 bits per heavy atom. The second kappa shape index (κ2) is 9.77. The van der Waals surface area contributed by atoms with E-state index in [2.05, 4.69) is 75.0 Å². The van der Waals surface area contributed by atoms with Crippen molar-refractivity contribution in [2.45, 2.75) is 35.1 Å². The van der Waals surface area contributed by atoms with E-state index in [9.17, 15) is 0 Å². The monoisotopic (exact) mass is 280 g/mol. The summed E-state index contributed by atoms with van der Waals surface area (Å²) >= 11 is 0. The third-order valence-electron chi connectivity index (χ3n) is 3.08. The van der Waals surface area contributed by atoms with Crippen molar-refractivity contribution in [1.29, 1.82) is 0 Å². The predicted octanol–water partition coefficient (Wildman–Crippen LogP) is 6.89. The lowest BCUT2D eigenvalue weighted by Gasteiger charge is -2.03. The van der Waals surface area contributed by atoms with Gasteiger partial charge in [-0.2, -0.15) is 0 Å². The van der Waals surface area contributed by atoms with Gasteiger partial charge in [-0.1, -0.05) is 94.1 Å². The lowest BCUT2D eigenvalue weighted by atomic mass is 10.0. The average molecular weight is 280 g/mol. The Bertz CT molecular complexity index is 635. The van der Waals surface area contributed by atoms with Crippen molar-refractivity contribution in [3.05, 3.63) is 77.9 Å². The normalized spacial score (nSPS) is 8.76. The topological polar surface area (TPSA) is 0 Å². The maximum atomic E-state index is 3.90. The average Bonchev–Trinajstić information content (AvgIpc) is 2.48. The number of benzene rings is 1. The Morgan fingerprint density at radius 3 is 1.90 bits per heavy atom. The summed E-state index contributed by atoms with van der Waals surface area (Å²) in [4.78, 5) is 0. The maximum Gasteiger partial charge on any atom is -0.00824 e. The molecule has 0 N–H and O–H groups in total. The van der Waals surface area contributed by atoms with Gasteiger partial charge in [0.25, 0.3) is 0 Å². The van der Waals surface area contributed by atoms with Crippen LogP contribution < -0.4 is 0 Å². The van der Waals surface area contributed by atoms with Gasteiger partial charge in [-0.15, -0.1) is 0 Å². The molecule has 0 aliphatic carbocycles. The lowest BCUT2D eigenvalue weighted by Crippen LogP contribution is -1.79. The van der Waals surface area contributed by atoms with Gasteiger partial charge in [0.15, 0.2) is 0 Å². The van der Waals surface area contributed by atoms with Gasteiger partial charge in [0, 0.05) is 0 Å². The first-order valence-electron chi connectivity index (χ1n) is 7.18. The summed E-state index contributed by atoms with van der Waals surface area (Å²) in [5.74, 6) is 0. The Kier molecular flexibility index (Phi) is 8.80. The second-order valence-electron chi connectivity index (χ2n) is 4.49. The molecule has 0 aliphatic heterocycles. The van der Waals surface area contributed by atoms with Crippen molar-refractivity contribution in [2.24, 2.45) is 0 Å². The first-order chi connectivity index (χ1) is 9.72. The van der Waals surface area contributed by atoms with E-state index in [1.807, 2.05) is 19.9 Å². The second-order valence-corrected chi connectivity index (χ2v) is 4.49. The standard InChI is InChI=1S/C18H18.C2H6.CH4/c1-4-16-11-7-13-17-12-6-9-14(2)8-5-10-15(3)18(16)17;1-2;/h4-13H,1H2,2-3H3;1-2H3;1H4. The highest BCUT2D eigenvalue weighted by atomic mass is 14.0. The highest BCUT2D eigenvalue weighted by Crippen LogP contribution is 2.21. The predicted molar refractivity (Wildman–Crippen MR) is 99.2 cm³/mol. The Balaban J connectivity index is 0.00000128. The minimum absolute atomic E-state index is 0. The van der Waals surface area contributed by atoms with Crippen LogP contribution in [0.3, 0.4) is 0 Å². The van der Waals surface area contributed by atoms with Gasteiger partial charge in [-0.05, 0) is 35.7 Å². The molecular formula is C21H28. The van der Waals surface area contributed by atoms with Crippen LogP contribution in [-0.2, 0) is 0 Å². The van der Waals surface area contributed by atoms with Gasteiger partial charge in [0.2, 0.25) is 0 Å². The van der Waals surface area contributed by atoms with E-state index >= 15 is 0 Å². The number of fused-ring (bicyclic) bond motifs is 1. The van der Waals surface area contributed by atoms with E-state index in [0.717, 1.165) is 0 Å². The van der Waals surface area contributed by atoms with Crippen LogP contribution in [0.2, 0.25) is 0 Å². The van der Waals surface area contributed by atoms with E-state index in [1.54, 1.807) is 0 Å². The van der Waals surface area contributed by atoms with Gasteiger partial charge in [0.1, 0.15) is 0 Å². The summed E-state index contributed by atoms with van der Waals surface area (Å²) in [6.07, 6.45) is 1.92. The largest absolute Gasteiger partial charge is 0.0984 e. The first-order valence-corrected chi connectivity index (χ1v) is 7.18. The van der Waals surface area contributed by atoms with Crippen LogP contribution >= 0.6 is 0 Å². The molecule has 0 heteroatoms. The molecule has 21 heavy (non-hydrogen) atoms. The molecule has 0 fully saturated rings.